The van der Waals surface area contributed by atoms with Gasteiger partial charge in [0, 0.05) is 12.8 Å². The van der Waals surface area contributed by atoms with Crippen molar-refractivity contribution in [2.24, 2.45) is 0 Å². The second-order valence-electron chi connectivity index (χ2n) is 19.3. The molecule has 0 aromatic heterocycles. The Morgan fingerprint density at radius 2 is 0.746 bits per heavy atom. The summed E-state index contributed by atoms with van der Waals surface area (Å²) >= 11 is 0. The quantitative estimate of drug-likeness (QED) is 0.0321. The number of allylic oxidation sites excluding steroid dienone is 3. The van der Waals surface area contributed by atoms with E-state index >= 15 is 0 Å². The highest BCUT2D eigenvalue weighted by molar-refractivity contribution is 5.76. The lowest BCUT2D eigenvalue weighted by Crippen LogP contribution is -2.45. The number of amides is 1. The molecule has 0 aliphatic carbocycles. The van der Waals surface area contributed by atoms with E-state index in [1.165, 1.54) is 231 Å². The summed E-state index contributed by atoms with van der Waals surface area (Å²) in [5, 5.41) is 23.0. The van der Waals surface area contributed by atoms with Gasteiger partial charge >= 0.3 is 5.97 Å². The van der Waals surface area contributed by atoms with Crippen LogP contribution in [0.1, 0.15) is 303 Å². The molecular formula is C57H109NO5. The Kier molecular flexibility index (Phi) is 51.6. The number of nitrogens with one attached hydrogen (secondary N) is 1. The third-order valence-corrected chi connectivity index (χ3v) is 13.0. The predicted octanol–water partition coefficient (Wildman–Crippen LogP) is 17.1. The molecule has 0 radical (unpaired) electrons. The van der Waals surface area contributed by atoms with Gasteiger partial charge in [0.15, 0.2) is 0 Å². The number of rotatable bonds is 52. The van der Waals surface area contributed by atoms with Gasteiger partial charge in [-0.1, -0.05) is 256 Å². The normalized spacial score (nSPS) is 12.8. The van der Waals surface area contributed by atoms with Crippen LogP contribution in [-0.4, -0.2) is 47.4 Å². The first-order chi connectivity index (χ1) is 31.0. The summed E-state index contributed by atoms with van der Waals surface area (Å²) in [6.45, 7) is 4.88. The Morgan fingerprint density at radius 3 is 1.13 bits per heavy atom. The minimum atomic E-state index is -0.848. The van der Waals surface area contributed by atoms with Gasteiger partial charge in [-0.25, -0.2) is 0 Å². The van der Waals surface area contributed by atoms with Gasteiger partial charge < -0.3 is 20.3 Å². The minimum Gasteiger partial charge on any atom is -0.466 e. The van der Waals surface area contributed by atoms with Gasteiger partial charge in [0.2, 0.25) is 5.91 Å². The maximum Gasteiger partial charge on any atom is 0.305 e. The average molecular weight is 889 g/mol. The Bertz CT molecular complexity index is 982. The summed E-state index contributed by atoms with van der Waals surface area (Å²) in [5.74, 6) is -0.0760. The number of ether oxygens (including phenoxy) is 1. The molecule has 6 nitrogen and oxygen atoms in total. The Labute approximate surface area is 392 Å². The van der Waals surface area contributed by atoms with Crippen molar-refractivity contribution in [3.63, 3.8) is 0 Å². The van der Waals surface area contributed by atoms with Crippen LogP contribution in [0, 0.1) is 0 Å². The van der Waals surface area contributed by atoms with Crippen LogP contribution in [-0.2, 0) is 14.3 Å². The molecule has 0 bridgehead atoms. The number of hydrogen-bond acceptors (Lipinski definition) is 5. The fraction of sp³-hybridized carbons (Fsp3) is 0.895. The zero-order chi connectivity index (χ0) is 45.8. The van der Waals surface area contributed by atoms with Crippen LogP contribution in [0.4, 0.5) is 0 Å². The van der Waals surface area contributed by atoms with E-state index in [1.807, 2.05) is 6.08 Å². The SMILES string of the molecule is CCCCCCCCC/C=C\CCCCCCCCCC(=O)OCCCCCCCCCCCCCCCCCCC(=O)NC(CO)C(O)/C=C/CCCCCCCCCCCC. The molecule has 0 saturated heterocycles. The molecule has 0 spiro atoms. The van der Waals surface area contributed by atoms with E-state index in [0.29, 0.717) is 19.4 Å². The maximum atomic E-state index is 12.4. The molecule has 0 heterocycles. The lowest BCUT2D eigenvalue weighted by Gasteiger charge is -2.20. The molecule has 0 rings (SSSR count). The van der Waals surface area contributed by atoms with E-state index in [4.69, 9.17) is 4.74 Å². The third kappa shape index (κ3) is 49.6. The number of carbonyl (C=O) groups excluding carboxylic acids is 2. The topological polar surface area (TPSA) is 95.9 Å². The van der Waals surface area contributed by atoms with Crippen LogP contribution in [0.5, 0.6) is 0 Å². The molecular weight excluding hydrogens is 779 g/mol. The largest absolute Gasteiger partial charge is 0.466 e. The summed E-state index contributed by atoms with van der Waals surface area (Å²) in [6.07, 6.45) is 63.3. The summed E-state index contributed by atoms with van der Waals surface area (Å²) < 4.78 is 5.48. The lowest BCUT2D eigenvalue weighted by molar-refractivity contribution is -0.143. The van der Waals surface area contributed by atoms with Gasteiger partial charge in [-0.05, 0) is 57.8 Å². The average Bonchev–Trinajstić information content (AvgIpc) is 3.28. The monoisotopic (exact) mass is 888 g/mol. The van der Waals surface area contributed by atoms with Crippen LogP contribution in [0.25, 0.3) is 0 Å². The van der Waals surface area contributed by atoms with Crippen LogP contribution in [0.2, 0.25) is 0 Å². The van der Waals surface area contributed by atoms with E-state index in [2.05, 4.69) is 31.3 Å². The molecule has 1 amide bonds. The molecule has 63 heavy (non-hydrogen) atoms. The van der Waals surface area contributed by atoms with Gasteiger partial charge in [0.1, 0.15) is 0 Å². The van der Waals surface area contributed by atoms with Gasteiger partial charge in [0.05, 0.1) is 25.4 Å². The number of esters is 1. The number of aliphatic hydroxyl groups is 2. The Hall–Kier alpha value is -1.66. The van der Waals surface area contributed by atoms with Crippen molar-refractivity contribution in [3.8, 4) is 0 Å². The maximum absolute atomic E-state index is 12.4. The molecule has 0 aliphatic heterocycles. The number of hydrogen-bond donors (Lipinski definition) is 3. The Balaban J connectivity index is 3.42. The van der Waals surface area contributed by atoms with Gasteiger partial charge in [-0.15, -0.1) is 0 Å². The lowest BCUT2D eigenvalue weighted by atomic mass is 10.0. The molecule has 3 N–H and O–H groups in total. The fourth-order valence-corrected chi connectivity index (χ4v) is 8.63. The molecule has 0 fully saturated rings. The van der Waals surface area contributed by atoms with Crippen molar-refractivity contribution in [1.29, 1.82) is 0 Å². The predicted molar refractivity (Wildman–Crippen MR) is 273 cm³/mol. The zero-order valence-corrected chi connectivity index (χ0v) is 42.3. The van der Waals surface area contributed by atoms with Crippen LogP contribution in [0.3, 0.4) is 0 Å². The minimum absolute atomic E-state index is 0.000828. The van der Waals surface area contributed by atoms with E-state index in [9.17, 15) is 19.8 Å². The summed E-state index contributed by atoms with van der Waals surface area (Å²) in [6, 6.07) is -0.632. The van der Waals surface area contributed by atoms with Crippen LogP contribution < -0.4 is 5.32 Å². The van der Waals surface area contributed by atoms with Gasteiger partial charge in [-0.2, -0.15) is 0 Å². The molecule has 0 aromatic carbocycles. The van der Waals surface area contributed by atoms with Crippen molar-refractivity contribution in [2.45, 2.75) is 315 Å². The molecule has 2 unspecified atom stereocenters. The molecule has 0 saturated carbocycles. The van der Waals surface area contributed by atoms with E-state index in [1.54, 1.807) is 6.08 Å². The standard InChI is InChI=1S/C57H109NO5/c1-3-5-7-9-11-13-15-17-18-19-20-24-27-31-35-39-43-47-51-57(62)63-52-48-44-40-36-32-28-25-22-21-23-26-30-34-38-42-46-50-56(61)58-54(53-59)55(60)49-45-41-37-33-29-16-14-12-10-8-6-4-2/h18-19,45,49,54-55,59-60H,3-17,20-44,46-48,50-53H2,1-2H3,(H,58,61)/b19-18-,49-45+. The highest BCUT2D eigenvalue weighted by Crippen LogP contribution is 2.16. The first kappa shape index (κ1) is 61.3. The first-order valence-corrected chi connectivity index (χ1v) is 28.1. The summed E-state index contributed by atoms with van der Waals surface area (Å²) in [4.78, 5) is 24.5. The third-order valence-electron chi connectivity index (χ3n) is 13.0. The zero-order valence-electron chi connectivity index (χ0n) is 42.3. The molecule has 6 heteroatoms. The van der Waals surface area contributed by atoms with Crippen LogP contribution >= 0.6 is 0 Å². The van der Waals surface area contributed by atoms with Gasteiger partial charge in [-0.3, -0.25) is 9.59 Å². The fourth-order valence-electron chi connectivity index (χ4n) is 8.63. The van der Waals surface area contributed by atoms with Gasteiger partial charge in [0.25, 0.3) is 0 Å². The molecule has 0 aliphatic rings. The summed E-state index contributed by atoms with van der Waals surface area (Å²) in [5.41, 5.74) is 0. The first-order valence-electron chi connectivity index (χ1n) is 28.1. The van der Waals surface area contributed by atoms with Crippen molar-refractivity contribution < 1.29 is 24.5 Å². The second kappa shape index (κ2) is 53.0. The smallest absolute Gasteiger partial charge is 0.305 e. The molecule has 2 atom stereocenters. The molecule has 372 valence electrons. The number of aliphatic hydroxyl groups excluding tert-OH is 2. The van der Waals surface area contributed by atoms with Crippen molar-refractivity contribution in [3.05, 3.63) is 24.3 Å². The van der Waals surface area contributed by atoms with Crippen molar-refractivity contribution in [1.82, 2.24) is 5.32 Å². The number of carbonyl (C=O) groups is 2. The second-order valence-corrected chi connectivity index (χ2v) is 19.3. The highest BCUT2D eigenvalue weighted by atomic mass is 16.5. The van der Waals surface area contributed by atoms with E-state index < -0.39 is 12.1 Å². The Morgan fingerprint density at radius 1 is 0.429 bits per heavy atom. The van der Waals surface area contributed by atoms with Crippen LogP contribution in [0.15, 0.2) is 24.3 Å². The highest BCUT2D eigenvalue weighted by Gasteiger charge is 2.18. The molecule has 0 aromatic rings. The number of unbranched alkanes of at least 4 members (excludes halogenated alkanes) is 39. The summed E-state index contributed by atoms with van der Waals surface area (Å²) in [7, 11) is 0. The van der Waals surface area contributed by atoms with Crippen molar-refractivity contribution in [2.75, 3.05) is 13.2 Å². The van der Waals surface area contributed by atoms with E-state index in [-0.39, 0.29) is 18.5 Å². The van der Waals surface area contributed by atoms with E-state index in [0.717, 1.165) is 44.9 Å². The van der Waals surface area contributed by atoms with Crippen molar-refractivity contribution >= 4 is 11.9 Å².